The third kappa shape index (κ3) is 16.1. The van der Waals surface area contributed by atoms with Crippen LogP contribution in [-0.2, 0) is 0 Å². The summed E-state index contributed by atoms with van der Waals surface area (Å²) in [5.74, 6) is 27.8. The highest BCUT2D eigenvalue weighted by Gasteiger charge is 2.21. The van der Waals surface area contributed by atoms with Crippen molar-refractivity contribution in [3.63, 3.8) is 0 Å². The van der Waals surface area contributed by atoms with Crippen LogP contribution in [0.3, 0.4) is 0 Å². The second kappa shape index (κ2) is 25.2. The molecule has 0 radical (unpaired) electrons. The quantitative estimate of drug-likeness (QED) is 0.134. The first-order valence-corrected chi connectivity index (χ1v) is 20.5. The molecule has 0 aromatic heterocycles. The molecular formula is C46H59Cl2N3. The molecule has 51 heavy (non-hydrogen) atoms. The van der Waals surface area contributed by atoms with Gasteiger partial charge in [-0.15, -0.1) is 23.7 Å². The Kier molecular flexibility index (Phi) is 20.2. The van der Waals surface area contributed by atoms with Crippen LogP contribution in [-0.4, -0.2) is 60.5 Å². The van der Waals surface area contributed by atoms with E-state index in [1.54, 1.807) is 0 Å². The van der Waals surface area contributed by atoms with Gasteiger partial charge in [0.2, 0.25) is 0 Å². The average molecular weight is 725 g/mol. The van der Waals surface area contributed by atoms with E-state index < -0.39 is 0 Å². The van der Waals surface area contributed by atoms with Crippen molar-refractivity contribution in [2.45, 2.75) is 122 Å². The molecule has 2 saturated heterocycles. The van der Waals surface area contributed by atoms with E-state index in [1.807, 2.05) is 24.3 Å². The van der Waals surface area contributed by atoms with Gasteiger partial charge in [-0.2, -0.15) is 0 Å². The van der Waals surface area contributed by atoms with Crippen molar-refractivity contribution >= 4 is 23.2 Å². The molecule has 2 aliphatic rings. The number of halogens is 2. The fraction of sp³-hybridized carbons (Fsp3) is 0.565. The summed E-state index contributed by atoms with van der Waals surface area (Å²) in [6.45, 7) is 9.36. The Balaban J connectivity index is 1.13. The molecule has 5 heteroatoms. The van der Waals surface area contributed by atoms with Crippen molar-refractivity contribution < 1.29 is 0 Å². The van der Waals surface area contributed by atoms with Crippen molar-refractivity contribution in [3.8, 4) is 47.4 Å². The van der Waals surface area contributed by atoms with Crippen LogP contribution in [0.1, 0.15) is 133 Å². The van der Waals surface area contributed by atoms with Gasteiger partial charge in [-0.1, -0.05) is 97.3 Å². The molecule has 2 unspecified atom stereocenters. The van der Waals surface area contributed by atoms with Crippen LogP contribution in [0.2, 0.25) is 10.0 Å². The molecule has 2 aliphatic heterocycles. The number of rotatable bonds is 15. The maximum absolute atomic E-state index is 6.32. The van der Waals surface area contributed by atoms with E-state index in [0.717, 1.165) is 107 Å². The zero-order valence-corrected chi connectivity index (χ0v) is 32.6. The van der Waals surface area contributed by atoms with Crippen molar-refractivity contribution in [1.82, 2.24) is 14.7 Å². The van der Waals surface area contributed by atoms with Gasteiger partial charge < -0.3 is 0 Å². The molecule has 0 bridgehead atoms. The van der Waals surface area contributed by atoms with Gasteiger partial charge in [0.1, 0.15) is 0 Å². The molecule has 272 valence electrons. The summed E-state index contributed by atoms with van der Waals surface area (Å²) in [5, 5.41) is 1.57. The lowest BCUT2D eigenvalue weighted by molar-refractivity contribution is 0.197. The van der Waals surface area contributed by atoms with Gasteiger partial charge in [-0.25, -0.2) is 0 Å². The Bertz CT molecular complexity index is 1430. The lowest BCUT2D eigenvalue weighted by Gasteiger charge is -2.32. The molecule has 0 amide bonds. The molecule has 0 aliphatic carbocycles. The molecule has 0 N–H and O–H groups in total. The van der Waals surface area contributed by atoms with Crippen LogP contribution < -0.4 is 0 Å². The SMILES string of the molecule is CCCCN(CC#CCCCCC#CC(c1cccc(Cl)c1)N1CCCCC1)CC#CCCCCC#CC(c1cccc(Cl)c1)N1CCCCC1. The third-order valence-electron chi connectivity index (χ3n) is 9.71. The smallest absolute Gasteiger partial charge is 0.0971 e. The first-order chi connectivity index (χ1) is 25.1. The number of likely N-dealkylation sites (tertiary alicyclic amines) is 2. The van der Waals surface area contributed by atoms with Crippen molar-refractivity contribution in [2.24, 2.45) is 0 Å². The second-order valence-corrected chi connectivity index (χ2v) is 14.8. The van der Waals surface area contributed by atoms with E-state index in [4.69, 9.17) is 23.2 Å². The molecule has 2 heterocycles. The van der Waals surface area contributed by atoms with E-state index in [2.05, 4.69) is 93.3 Å². The van der Waals surface area contributed by atoms with Crippen LogP contribution in [0.25, 0.3) is 0 Å². The zero-order chi connectivity index (χ0) is 35.8. The first kappa shape index (κ1) is 40.9. The number of hydrogen-bond acceptors (Lipinski definition) is 3. The Morgan fingerprint density at radius 1 is 0.569 bits per heavy atom. The molecule has 2 aromatic carbocycles. The minimum Gasteiger partial charge on any atom is -0.286 e. The number of unbranched alkanes of at least 4 members (excludes halogenated alkanes) is 7. The zero-order valence-electron chi connectivity index (χ0n) is 31.1. The molecule has 0 saturated carbocycles. The third-order valence-corrected chi connectivity index (χ3v) is 10.2. The van der Waals surface area contributed by atoms with Gasteiger partial charge >= 0.3 is 0 Å². The highest BCUT2D eigenvalue weighted by molar-refractivity contribution is 6.30. The van der Waals surface area contributed by atoms with Gasteiger partial charge in [-0.3, -0.25) is 14.7 Å². The van der Waals surface area contributed by atoms with Crippen molar-refractivity contribution in [3.05, 3.63) is 69.7 Å². The molecule has 2 atom stereocenters. The summed E-state index contributed by atoms with van der Waals surface area (Å²) in [4.78, 5) is 7.44. The normalized spacial score (nSPS) is 16.0. The van der Waals surface area contributed by atoms with E-state index in [0.29, 0.717) is 0 Å². The van der Waals surface area contributed by atoms with Crippen LogP contribution in [0.5, 0.6) is 0 Å². The van der Waals surface area contributed by atoms with Crippen molar-refractivity contribution in [2.75, 3.05) is 45.8 Å². The monoisotopic (exact) mass is 723 g/mol. The lowest BCUT2D eigenvalue weighted by Crippen LogP contribution is -2.33. The van der Waals surface area contributed by atoms with Gasteiger partial charge in [-0.05, 0) is 119 Å². The molecule has 4 rings (SSSR count). The minimum atomic E-state index is 0.142. The molecule has 2 aromatic rings. The van der Waals surface area contributed by atoms with Gasteiger partial charge in [0, 0.05) is 42.3 Å². The van der Waals surface area contributed by atoms with Crippen LogP contribution in [0.4, 0.5) is 0 Å². The van der Waals surface area contributed by atoms with Crippen LogP contribution in [0, 0.1) is 47.4 Å². The van der Waals surface area contributed by atoms with Crippen molar-refractivity contribution in [1.29, 1.82) is 0 Å². The average Bonchev–Trinajstić information content (AvgIpc) is 3.15. The summed E-state index contributed by atoms with van der Waals surface area (Å²) in [7, 11) is 0. The highest BCUT2D eigenvalue weighted by atomic mass is 35.5. The summed E-state index contributed by atoms with van der Waals surface area (Å²) in [6.07, 6.45) is 18.1. The first-order valence-electron chi connectivity index (χ1n) is 19.7. The predicted molar refractivity (Wildman–Crippen MR) is 219 cm³/mol. The summed E-state index contributed by atoms with van der Waals surface area (Å²) in [5.41, 5.74) is 2.43. The number of piperidine rings is 2. The number of hydrogen-bond donors (Lipinski definition) is 0. The van der Waals surface area contributed by atoms with Crippen LogP contribution >= 0.6 is 23.2 Å². The summed E-state index contributed by atoms with van der Waals surface area (Å²) in [6, 6.07) is 16.7. The van der Waals surface area contributed by atoms with E-state index in [-0.39, 0.29) is 12.1 Å². The lowest BCUT2D eigenvalue weighted by atomic mass is 10.0. The standard InChI is InChI=1S/C46H59Cl2N3/c1-2-3-32-49(33-18-12-8-4-6-10-16-30-45(50-35-20-14-21-36-50)41-26-24-28-43(47)39-41)34-19-13-9-5-7-11-17-31-46(51-37-22-15-23-38-51)42-27-25-29-44(48)40-42/h24-29,39-40,45-46H,2-11,14-15,20-23,32-38H2,1H3. The Morgan fingerprint density at radius 3 is 1.41 bits per heavy atom. The van der Waals surface area contributed by atoms with E-state index in [9.17, 15) is 0 Å². The Labute approximate surface area is 321 Å². The van der Waals surface area contributed by atoms with E-state index in [1.165, 1.54) is 62.5 Å². The summed E-state index contributed by atoms with van der Waals surface area (Å²) < 4.78 is 0. The predicted octanol–water partition coefficient (Wildman–Crippen LogP) is 11.0. The Morgan fingerprint density at radius 2 is 1.00 bits per heavy atom. The fourth-order valence-electron chi connectivity index (χ4n) is 6.78. The minimum absolute atomic E-state index is 0.142. The molecular weight excluding hydrogens is 665 g/mol. The number of nitrogens with zero attached hydrogens (tertiary/aromatic N) is 3. The second-order valence-electron chi connectivity index (χ2n) is 13.9. The Hall–Kier alpha value is -2.86. The largest absolute Gasteiger partial charge is 0.286 e. The molecule has 3 nitrogen and oxygen atoms in total. The topological polar surface area (TPSA) is 9.72 Å². The fourth-order valence-corrected chi connectivity index (χ4v) is 7.17. The van der Waals surface area contributed by atoms with Crippen LogP contribution in [0.15, 0.2) is 48.5 Å². The highest BCUT2D eigenvalue weighted by Crippen LogP contribution is 2.27. The van der Waals surface area contributed by atoms with Gasteiger partial charge in [0.25, 0.3) is 0 Å². The number of benzene rings is 2. The maximum atomic E-state index is 6.32. The molecule has 0 spiro atoms. The van der Waals surface area contributed by atoms with Gasteiger partial charge in [0.15, 0.2) is 0 Å². The summed E-state index contributed by atoms with van der Waals surface area (Å²) >= 11 is 12.6. The van der Waals surface area contributed by atoms with E-state index >= 15 is 0 Å². The van der Waals surface area contributed by atoms with Gasteiger partial charge in [0.05, 0.1) is 25.2 Å². The molecule has 2 fully saturated rings. The maximum Gasteiger partial charge on any atom is 0.0971 e.